The lowest BCUT2D eigenvalue weighted by atomic mass is 10.0. The number of anilines is 1. The Morgan fingerprint density at radius 2 is 1.71 bits per heavy atom. The van der Waals surface area contributed by atoms with Crippen LogP contribution >= 0.6 is 0 Å². The van der Waals surface area contributed by atoms with Crippen molar-refractivity contribution in [2.75, 3.05) is 5.32 Å². The van der Waals surface area contributed by atoms with E-state index >= 15 is 0 Å². The van der Waals surface area contributed by atoms with Gasteiger partial charge in [-0.2, -0.15) is 0 Å². The van der Waals surface area contributed by atoms with E-state index in [1.165, 1.54) is 18.2 Å². The van der Waals surface area contributed by atoms with Gasteiger partial charge in [-0.25, -0.2) is 13.1 Å². The number of carbonyl (C=O) groups is 2. The van der Waals surface area contributed by atoms with Gasteiger partial charge in [0, 0.05) is 11.3 Å². The van der Waals surface area contributed by atoms with Gasteiger partial charge in [-0.15, -0.1) is 0 Å². The van der Waals surface area contributed by atoms with Crippen molar-refractivity contribution >= 4 is 27.5 Å². The summed E-state index contributed by atoms with van der Waals surface area (Å²) in [5, 5.41) is 2.65. The number of nitrogens with one attached hydrogen (secondary N) is 2. The molecule has 7 nitrogen and oxygen atoms in total. The number of sulfonamides is 1. The van der Waals surface area contributed by atoms with Crippen molar-refractivity contribution in [2.45, 2.75) is 38.1 Å². The molecule has 2 aromatic rings. The molecule has 28 heavy (non-hydrogen) atoms. The SMILES string of the molecule is Cc1ccc(C(=O)Nc2cccc(S(=O)(=O)NC(=O)[C@@H](N)CC(C)C)c2)cc1. The molecule has 0 aliphatic heterocycles. The van der Waals surface area contributed by atoms with Gasteiger partial charge in [-0.3, -0.25) is 9.59 Å². The minimum absolute atomic E-state index is 0.140. The summed E-state index contributed by atoms with van der Waals surface area (Å²) in [6, 6.07) is 11.7. The lowest BCUT2D eigenvalue weighted by Crippen LogP contribution is -2.43. The molecule has 2 amide bonds. The molecule has 1 atom stereocenters. The Morgan fingerprint density at radius 3 is 2.32 bits per heavy atom. The number of hydrogen-bond donors (Lipinski definition) is 3. The molecule has 0 bridgehead atoms. The number of aryl methyl sites for hydroxylation is 1. The maximum absolute atomic E-state index is 12.5. The van der Waals surface area contributed by atoms with Crippen LogP contribution in [0.3, 0.4) is 0 Å². The predicted octanol–water partition coefficient (Wildman–Crippen LogP) is 2.43. The minimum Gasteiger partial charge on any atom is -0.322 e. The van der Waals surface area contributed by atoms with E-state index in [1.807, 2.05) is 37.6 Å². The molecule has 0 unspecified atom stereocenters. The highest BCUT2D eigenvalue weighted by atomic mass is 32.2. The lowest BCUT2D eigenvalue weighted by molar-refractivity contribution is -0.120. The number of benzene rings is 2. The summed E-state index contributed by atoms with van der Waals surface area (Å²) in [7, 11) is -4.10. The lowest BCUT2D eigenvalue weighted by Gasteiger charge is -2.15. The first-order valence-electron chi connectivity index (χ1n) is 8.89. The molecule has 0 aliphatic carbocycles. The van der Waals surface area contributed by atoms with Crippen LogP contribution in [-0.2, 0) is 14.8 Å². The van der Waals surface area contributed by atoms with Crippen LogP contribution in [0.4, 0.5) is 5.69 Å². The van der Waals surface area contributed by atoms with Crippen molar-refractivity contribution in [3.63, 3.8) is 0 Å². The fraction of sp³-hybridized carbons (Fsp3) is 0.300. The molecule has 0 radical (unpaired) electrons. The summed E-state index contributed by atoms with van der Waals surface area (Å²) >= 11 is 0. The number of hydrogen-bond acceptors (Lipinski definition) is 5. The summed E-state index contributed by atoms with van der Waals surface area (Å²) in [4.78, 5) is 24.2. The molecule has 8 heteroatoms. The first-order chi connectivity index (χ1) is 13.1. The van der Waals surface area contributed by atoms with Crippen LogP contribution in [0.5, 0.6) is 0 Å². The molecule has 0 heterocycles. The summed E-state index contributed by atoms with van der Waals surface area (Å²) in [6.07, 6.45) is 0.369. The molecule has 0 spiro atoms. The molecule has 4 N–H and O–H groups in total. The van der Waals surface area contributed by atoms with Crippen molar-refractivity contribution in [1.29, 1.82) is 0 Å². The Kier molecular flexibility index (Phi) is 6.93. The third-order valence-corrected chi connectivity index (χ3v) is 5.36. The molecule has 0 saturated carbocycles. The molecule has 0 aliphatic rings. The van der Waals surface area contributed by atoms with Crippen LogP contribution in [0.25, 0.3) is 0 Å². The van der Waals surface area contributed by atoms with Gasteiger partial charge >= 0.3 is 0 Å². The average Bonchev–Trinajstić information content (AvgIpc) is 2.61. The fourth-order valence-electron chi connectivity index (χ4n) is 2.53. The van der Waals surface area contributed by atoms with Crippen molar-refractivity contribution in [2.24, 2.45) is 11.7 Å². The number of rotatable bonds is 7. The molecule has 0 fully saturated rings. The molecular formula is C20H25N3O4S. The van der Waals surface area contributed by atoms with Gasteiger partial charge in [0.2, 0.25) is 0 Å². The second-order valence-corrected chi connectivity index (χ2v) is 8.74. The van der Waals surface area contributed by atoms with E-state index in [4.69, 9.17) is 5.73 Å². The third kappa shape index (κ3) is 5.90. The van der Waals surface area contributed by atoms with Gasteiger partial charge < -0.3 is 11.1 Å². The van der Waals surface area contributed by atoms with E-state index in [0.29, 0.717) is 17.7 Å². The van der Waals surface area contributed by atoms with E-state index in [0.717, 1.165) is 5.56 Å². The average molecular weight is 404 g/mol. The van der Waals surface area contributed by atoms with Crippen LogP contribution in [0.15, 0.2) is 53.4 Å². The van der Waals surface area contributed by atoms with Crippen LogP contribution in [0.2, 0.25) is 0 Å². The predicted molar refractivity (Wildman–Crippen MR) is 108 cm³/mol. The third-order valence-electron chi connectivity index (χ3n) is 4.01. The monoisotopic (exact) mass is 403 g/mol. The Balaban J connectivity index is 2.13. The van der Waals surface area contributed by atoms with Crippen molar-refractivity contribution in [3.05, 3.63) is 59.7 Å². The van der Waals surface area contributed by atoms with Gasteiger partial charge in [0.1, 0.15) is 0 Å². The Morgan fingerprint density at radius 1 is 1.07 bits per heavy atom. The van der Waals surface area contributed by atoms with E-state index in [2.05, 4.69) is 5.32 Å². The zero-order valence-corrected chi connectivity index (χ0v) is 16.9. The van der Waals surface area contributed by atoms with Gasteiger partial charge in [0.25, 0.3) is 21.8 Å². The molecule has 0 saturated heterocycles. The van der Waals surface area contributed by atoms with Crippen molar-refractivity contribution in [3.8, 4) is 0 Å². The van der Waals surface area contributed by atoms with E-state index in [-0.39, 0.29) is 16.7 Å². The first-order valence-corrected chi connectivity index (χ1v) is 10.4. The highest BCUT2D eigenvalue weighted by molar-refractivity contribution is 7.90. The molecular weight excluding hydrogens is 378 g/mol. The number of amides is 2. The van der Waals surface area contributed by atoms with Gasteiger partial charge in [0.05, 0.1) is 10.9 Å². The summed E-state index contributed by atoms with van der Waals surface area (Å²) in [6.45, 7) is 5.70. The smallest absolute Gasteiger partial charge is 0.264 e. The zero-order valence-electron chi connectivity index (χ0n) is 16.1. The number of carbonyl (C=O) groups excluding carboxylic acids is 2. The molecule has 0 aromatic heterocycles. The van der Waals surface area contributed by atoms with Crippen LogP contribution < -0.4 is 15.8 Å². The van der Waals surface area contributed by atoms with Gasteiger partial charge in [0.15, 0.2) is 0 Å². The largest absolute Gasteiger partial charge is 0.322 e. The topological polar surface area (TPSA) is 118 Å². The van der Waals surface area contributed by atoms with Gasteiger partial charge in [-0.05, 0) is 49.6 Å². The van der Waals surface area contributed by atoms with Crippen LogP contribution in [-0.4, -0.2) is 26.3 Å². The minimum atomic E-state index is -4.10. The van der Waals surface area contributed by atoms with Crippen molar-refractivity contribution in [1.82, 2.24) is 4.72 Å². The van der Waals surface area contributed by atoms with Crippen LogP contribution in [0.1, 0.15) is 36.2 Å². The molecule has 150 valence electrons. The summed E-state index contributed by atoms with van der Waals surface area (Å²) < 4.78 is 26.9. The normalized spacial score (nSPS) is 12.5. The quantitative estimate of drug-likeness (QED) is 0.656. The second-order valence-electron chi connectivity index (χ2n) is 7.05. The highest BCUT2D eigenvalue weighted by Crippen LogP contribution is 2.17. The maximum atomic E-state index is 12.5. The Bertz CT molecular complexity index is 954. The Hall–Kier alpha value is -2.71. The molecule has 2 aromatic carbocycles. The van der Waals surface area contributed by atoms with Crippen molar-refractivity contribution < 1.29 is 18.0 Å². The van der Waals surface area contributed by atoms with E-state index < -0.39 is 22.0 Å². The van der Waals surface area contributed by atoms with Crippen LogP contribution in [0, 0.1) is 12.8 Å². The molecule has 2 rings (SSSR count). The second kappa shape index (κ2) is 8.99. The highest BCUT2D eigenvalue weighted by Gasteiger charge is 2.23. The van der Waals surface area contributed by atoms with E-state index in [9.17, 15) is 18.0 Å². The number of nitrogens with two attached hydrogens (primary N) is 1. The zero-order chi connectivity index (χ0) is 20.9. The summed E-state index contributed by atoms with van der Waals surface area (Å²) in [5.74, 6) is -0.968. The van der Waals surface area contributed by atoms with Gasteiger partial charge in [-0.1, -0.05) is 37.6 Å². The van der Waals surface area contributed by atoms with E-state index in [1.54, 1.807) is 18.2 Å². The standard InChI is InChI=1S/C20H25N3O4S/c1-13(2)11-18(21)20(25)23-28(26,27)17-6-4-5-16(12-17)22-19(24)15-9-7-14(3)8-10-15/h4-10,12-13,18H,11,21H2,1-3H3,(H,22,24)(H,23,25)/t18-/m0/s1. The fourth-order valence-corrected chi connectivity index (χ4v) is 3.61. The Labute approximate surface area is 165 Å². The maximum Gasteiger partial charge on any atom is 0.264 e. The summed E-state index contributed by atoms with van der Waals surface area (Å²) in [5.41, 5.74) is 7.51. The first kappa shape index (κ1) is 21.6.